The van der Waals surface area contributed by atoms with Crippen LogP contribution in [0.5, 0.6) is 0 Å². The largest absolute Gasteiger partial charge is 0.292 e. The minimum Gasteiger partial charge on any atom is -0.292 e. The average molecular weight is 294 g/mol. The summed E-state index contributed by atoms with van der Waals surface area (Å²) in [5.41, 5.74) is 3.35. The van der Waals surface area contributed by atoms with Crippen LogP contribution in [-0.4, -0.2) is 15.8 Å². The van der Waals surface area contributed by atoms with E-state index in [0.717, 1.165) is 22.0 Å². The molecule has 0 spiro atoms. The molecule has 3 aromatic rings. The van der Waals surface area contributed by atoms with Crippen molar-refractivity contribution in [3.05, 3.63) is 70.3 Å². The third kappa shape index (κ3) is 3.23. The molecule has 0 amide bonds. The number of carbonyl (C=O) groups excluding carboxylic acids is 1. The highest BCUT2D eigenvalue weighted by Gasteiger charge is 2.12. The van der Waals surface area contributed by atoms with Crippen LogP contribution in [0.25, 0.3) is 11.3 Å². The molecule has 0 atom stereocenters. The molecule has 0 unspecified atom stereocenters. The fraction of sp³-hybridized carbons (Fsp3) is 0.118. The van der Waals surface area contributed by atoms with E-state index in [9.17, 15) is 4.79 Å². The van der Waals surface area contributed by atoms with Crippen molar-refractivity contribution >= 4 is 17.1 Å². The minimum absolute atomic E-state index is 0.00709. The summed E-state index contributed by atoms with van der Waals surface area (Å²) >= 11 is 1.51. The van der Waals surface area contributed by atoms with Gasteiger partial charge in [0.1, 0.15) is 10.7 Å². The van der Waals surface area contributed by atoms with E-state index in [4.69, 9.17) is 0 Å². The van der Waals surface area contributed by atoms with Gasteiger partial charge in [0.25, 0.3) is 0 Å². The topological polar surface area (TPSA) is 42.9 Å². The number of ketones is 1. The molecule has 4 heteroatoms. The van der Waals surface area contributed by atoms with E-state index in [1.807, 2.05) is 54.8 Å². The Labute approximate surface area is 127 Å². The van der Waals surface area contributed by atoms with Crippen LogP contribution >= 0.6 is 11.3 Å². The molecular weight excluding hydrogens is 280 g/mol. The number of thiazole rings is 1. The van der Waals surface area contributed by atoms with Crippen LogP contribution < -0.4 is 0 Å². The van der Waals surface area contributed by atoms with Gasteiger partial charge in [-0.25, -0.2) is 4.98 Å². The minimum atomic E-state index is 0.00709. The second kappa shape index (κ2) is 5.97. The fourth-order valence-electron chi connectivity index (χ4n) is 2.06. The normalized spacial score (nSPS) is 10.5. The number of aryl methyl sites for hydroxylation is 1. The number of Topliss-reactive ketones (excluding diaryl/α,β-unsaturated/α-hetero) is 1. The Bertz CT molecular complexity index is 765. The molecule has 0 aliphatic rings. The summed E-state index contributed by atoms with van der Waals surface area (Å²) in [6, 6.07) is 15.5. The summed E-state index contributed by atoms with van der Waals surface area (Å²) in [4.78, 5) is 21.0. The first kappa shape index (κ1) is 13.6. The lowest BCUT2D eigenvalue weighted by Gasteiger charge is -1.99. The Hall–Kier alpha value is -2.33. The van der Waals surface area contributed by atoms with E-state index in [1.54, 1.807) is 6.07 Å². The Morgan fingerprint density at radius 3 is 2.62 bits per heavy atom. The standard InChI is InChI=1S/C17H14N2OS/c1-12-6-5-9-14(18-12)16(20)10-17-19-15(11-21-17)13-7-3-2-4-8-13/h2-9,11H,10H2,1H3. The van der Waals surface area contributed by atoms with Crippen molar-refractivity contribution in [1.29, 1.82) is 0 Å². The number of hydrogen-bond acceptors (Lipinski definition) is 4. The summed E-state index contributed by atoms with van der Waals surface area (Å²) in [6.45, 7) is 1.88. The average Bonchev–Trinajstić information content (AvgIpc) is 2.97. The molecule has 0 saturated carbocycles. The monoisotopic (exact) mass is 294 g/mol. The molecule has 0 aliphatic carbocycles. The van der Waals surface area contributed by atoms with Crippen LogP contribution in [-0.2, 0) is 6.42 Å². The van der Waals surface area contributed by atoms with Gasteiger partial charge in [0, 0.05) is 16.6 Å². The highest BCUT2D eigenvalue weighted by molar-refractivity contribution is 7.10. The van der Waals surface area contributed by atoms with Gasteiger partial charge in [-0.1, -0.05) is 36.4 Å². The van der Waals surface area contributed by atoms with Crippen molar-refractivity contribution in [2.75, 3.05) is 0 Å². The summed E-state index contributed by atoms with van der Waals surface area (Å²) in [7, 11) is 0. The van der Waals surface area contributed by atoms with Crippen molar-refractivity contribution < 1.29 is 4.79 Å². The van der Waals surface area contributed by atoms with Gasteiger partial charge in [-0.15, -0.1) is 11.3 Å². The Morgan fingerprint density at radius 2 is 1.86 bits per heavy atom. The molecule has 2 heterocycles. The van der Waals surface area contributed by atoms with E-state index in [1.165, 1.54) is 11.3 Å². The van der Waals surface area contributed by atoms with E-state index in [2.05, 4.69) is 9.97 Å². The summed E-state index contributed by atoms with van der Waals surface area (Å²) in [6.07, 6.45) is 0.300. The number of hydrogen-bond donors (Lipinski definition) is 0. The van der Waals surface area contributed by atoms with Crippen molar-refractivity contribution in [1.82, 2.24) is 9.97 Å². The summed E-state index contributed by atoms with van der Waals surface area (Å²) in [5.74, 6) is 0.00709. The van der Waals surface area contributed by atoms with Gasteiger partial charge in [0.05, 0.1) is 12.1 Å². The van der Waals surface area contributed by atoms with Gasteiger partial charge in [-0.05, 0) is 19.1 Å². The number of pyridine rings is 1. The maximum atomic E-state index is 12.2. The molecule has 0 N–H and O–H groups in total. The summed E-state index contributed by atoms with van der Waals surface area (Å²) in [5, 5.41) is 2.81. The number of rotatable bonds is 4. The van der Waals surface area contributed by atoms with E-state index in [-0.39, 0.29) is 5.78 Å². The molecule has 1 aromatic carbocycles. The first-order valence-electron chi connectivity index (χ1n) is 6.69. The van der Waals surface area contributed by atoms with E-state index in [0.29, 0.717) is 12.1 Å². The van der Waals surface area contributed by atoms with Crippen LogP contribution in [0.15, 0.2) is 53.9 Å². The first-order chi connectivity index (χ1) is 10.2. The third-order valence-corrected chi connectivity index (χ3v) is 3.96. The number of benzene rings is 1. The fourth-order valence-corrected chi connectivity index (χ4v) is 2.86. The van der Waals surface area contributed by atoms with Gasteiger partial charge in [0.2, 0.25) is 0 Å². The van der Waals surface area contributed by atoms with E-state index >= 15 is 0 Å². The lowest BCUT2D eigenvalue weighted by molar-refractivity contribution is 0.0988. The smallest absolute Gasteiger partial charge is 0.187 e. The number of carbonyl (C=O) groups is 1. The zero-order valence-corrected chi connectivity index (χ0v) is 12.4. The van der Waals surface area contributed by atoms with Crippen molar-refractivity contribution in [2.24, 2.45) is 0 Å². The first-order valence-corrected chi connectivity index (χ1v) is 7.57. The Balaban J connectivity index is 1.77. The highest BCUT2D eigenvalue weighted by Crippen LogP contribution is 2.22. The zero-order chi connectivity index (χ0) is 14.7. The van der Waals surface area contributed by atoms with Crippen LogP contribution in [0.3, 0.4) is 0 Å². The number of aromatic nitrogens is 2. The maximum Gasteiger partial charge on any atom is 0.187 e. The van der Waals surface area contributed by atoms with Crippen molar-refractivity contribution in [2.45, 2.75) is 13.3 Å². The van der Waals surface area contributed by atoms with Crippen LogP contribution in [0.1, 0.15) is 21.2 Å². The second-order valence-electron chi connectivity index (χ2n) is 4.76. The van der Waals surface area contributed by atoms with Crippen molar-refractivity contribution in [3.8, 4) is 11.3 Å². The van der Waals surface area contributed by atoms with Crippen molar-refractivity contribution in [3.63, 3.8) is 0 Å². The molecular formula is C17H14N2OS. The SMILES string of the molecule is Cc1cccc(C(=O)Cc2nc(-c3ccccc3)cs2)n1. The lowest BCUT2D eigenvalue weighted by Crippen LogP contribution is -2.06. The molecule has 3 rings (SSSR count). The molecule has 21 heavy (non-hydrogen) atoms. The number of nitrogens with zero attached hydrogens (tertiary/aromatic N) is 2. The molecule has 0 saturated heterocycles. The van der Waals surface area contributed by atoms with Crippen LogP contribution in [0.2, 0.25) is 0 Å². The molecule has 0 radical (unpaired) electrons. The maximum absolute atomic E-state index is 12.2. The molecule has 104 valence electrons. The predicted octanol–water partition coefficient (Wildman–Crippen LogP) is 3.94. The molecule has 0 bridgehead atoms. The van der Waals surface area contributed by atoms with Gasteiger partial charge in [-0.2, -0.15) is 0 Å². The highest BCUT2D eigenvalue weighted by atomic mass is 32.1. The Morgan fingerprint density at radius 1 is 1.05 bits per heavy atom. The summed E-state index contributed by atoms with van der Waals surface area (Å²) < 4.78 is 0. The Kier molecular flexibility index (Phi) is 3.88. The van der Waals surface area contributed by atoms with Gasteiger partial charge < -0.3 is 0 Å². The molecule has 0 aliphatic heterocycles. The molecule has 2 aromatic heterocycles. The predicted molar refractivity (Wildman–Crippen MR) is 84.6 cm³/mol. The molecule has 3 nitrogen and oxygen atoms in total. The van der Waals surface area contributed by atoms with E-state index < -0.39 is 0 Å². The van der Waals surface area contributed by atoms with Gasteiger partial charge >= 0.3 is 0 Å². The third-order valence-electron chi connectivity index (χ3n) is 3.11. The zero-order valence-electron chi connectivity index (χ0n) is 11.6. The van der Waals surface area contributed by atoms with Crippen LogP contribution in [0.4, 0.5) is 0 Å². The second-order valence-corrected chi connectivity index (χ2v) is 5.70. The van der Waals surface area contributed by atoms with Gasteiger partial charge in [0.15, 0.2) is 5.78 Å². The molecule has 0 fully saturated rings. The van der Waals surface area contributed by atoms with Crippen LogP contribution in [0, 0.1) is 6.92 Å². The quantitative estimate of drug-likeness (QED) is 0.684. The van der Waals surface area contributed by atoms with Gasteiger partial charge in [-0.3, -0.25) is 9.78 Å². The lowest BCUT2D eigenvalue weighted by atomic mass is 10.2.